The SMILES string of the molecule is COc1ccc(Cl)cc1NC(=O)c1cccc(Br)c1Cl. The van der Waals surface area contributed by atoms with Crippen molar-refractivity contribution in [1.29, 1.82) is 0 Å². The molecule has 0 saturated heterocycles. The number of methoxy groups -OCH3 is 1. The van der Waals surface area contributed by atoms with Crippen LogP contribution in [0, 0.1) is 0 Å². The smallest absolute Gasteiger partial charge is 0.257 e. The zero-order valence-corrected chi connectivity index (χ0v) is 13.5. The van der Waals surface area contributed by atoms with Gasteiger partial charge in [-0.1, -0.05) is 29.3 Å². The van der Waals surface area contributed by atoms with E-state index in [-0.39, 0.29) is 5.91 Å². The number of amides is 1. The zero-order chi connectivity index (χ0) is 14.7. The average Bonchev–Trinajstić information content (AvgIpc) is 2.42. The molecule has 1 N–H and O–H groups in total. The molecule has 0 spiro atoms. The Morgan fingerprint density at radius 3 is 2.70 bits per heavy atom. The molecule has 0 unspecified atom stereocenters. The zero-order valence-electron chi connectivity index (χ0n) is 10.4. The van der Waals surface area contributed by atoms with E-state index in [9.17, 15) is 4.79 Å². The third-order valence-electron chi connectivity index (χ3n) is 2.61. The van der Waals surface area contributed by atoms with Crippen LogP contribution in [0.4, 0.5) is 5.69 Å². The van der Waals surface area contributed by atoms with Gasteiger partial charge in [0.15, 0.2) is 0 Å². The van der Waals surface area contributed by atoms with Gasteiger partial charge in [-0.05, 0) is 46.3 Å². The van der Waals surface area contributed by atoms with Crippen LogP contribution in [0.15, 0.2) is 40.9 Å². The highest BCUT2D eigenvalue weighted by Crippen LogP contribution is 2.30. The molecule has 2 aromatic carbocycles. The van der Waals surface area contributed by atoms with Crippen molar-refractivity contribution in [3.8, 4) is 5.75 Å². The lowest BCUT2D eigenvalue weighted by Gasteiger charge is -2.11. The topological polar surface area (TPSA) is 38.3 Å². The molecular weight excluding hydrogens is 365 g/mol. The molecule has 3 nitrogen and oxygen atoms in total. The lowest BCUT2D eigenvalue weighted by atomic mass is 10.2. The van der Waals surface area contributed by atoms with E-state index in [4.69, 9.17) is 27.9 Å². The summed E-state index contributed by atoms with van der Waals surface area (Å²) in [4.78, 5) is 12.3. The molecule has 104 valence electrons. The number of carbonyl (C=O) groups excluding carboxylic acids is 1. The number of nitrogens with one attached hydrogen (secondary N) is 1. The Morgan fingerprint density at radius 2 is 2.00 bits per heavy atom. The molecule has 0 radical (unpaired) electrons. The maximum atomic E-state index is 12.3. The minimum Gasteiger partial charge on any atom is -0.495 e. The van der Waals surface area contributed by atoms with E-state index in [1.807, 2.05) is 0 Å². The summed E-state index contributed by atoms with van der Waals surface area (Å²) in [5.74, 6) is 0.186. The van der Waals surface area contributed by atoms with Crippen molar-refractivity contribution >= 4 is 50.7 Å². The minimum absolute atomic E-state index is 0.336. The number of anilines is 1. The van der Waals surface area contributed by atoms with Crippen molar-refractivity contribution in [1.82, 2.24) is 0 Å². The summed E-state index contributed by atoms with van der Waals surface area (Å²) >= 11 is 15.3. The monoisotopic (exact) mass is 373 g/mol. The van der Waals surface area contributed by atoms with Crippen LogP contribution in [0.5, 0.6) is 5.75 Å². The molecule has 0 aromatic heterocycles. The van der Waals surface area contributed by atoms with Gasteiger partial charge in [-0.25, -0.2) is 0 Å². The van der Waals surface area contributed by atoms with Crippen LogP contribution in [0.25, 0.3) is 0 Å². The molecule has 0 atom stereocenters. The van der Waals surface area contributed by atoms with Crippen LogP contribution in [0.1, 0.15) is 10.4 Å². The van der Waals surface area contributed by atoms with E-state index in [0.717, 1.165) is 0 Å². The fourth-order valence-electron chi connectivity index (χ4n) is 1.65. The Labute approximate surface area is 135 Å². The number of benzene rings is 2. The average molecular weight is 375 g/mol. The molecule has 0 aliphatic heterocycles. The van der Waals surface area contributed by atoms with Gasteiger partial charge in [-0.2, -0.15) is 0 Å². The van der Waals surface area contributed by atoms with Crippen molar-refractivity contribution in [2.24, 2.45) is 0 Å². The summed E-state index contributed by atoms with van der Waals surface area (Å²) < 4.78 is 5.83. The third-order valence-corrected chi connectivity index (χ3v) is 4.14. The van der Waals surface area contributed by atoms with Gasteiger partial charge in [0.2, 0.25) is 0 Å². The van der Waals surface area contributed by atoms with Crippen molar-refractivity contribution in [2.75, 3.05) is 12.4 Å². The Bertz CT molecular complexity index is 662. The summed E-state index contributed by atoms with van der Waals surface area (Å²) in [6.07, 6.45) is 0. The van der Waals surface area contributed by atoms with E-state index < -0.39 is 0 Å². The third kappa shape index (κ3) is 3.26. The van der Waals surface area contributed by atoms with Gasteiger partial charge in [-0.3, -0.25) is 4.79 Å². The van der Waals surface area contributed by atoms with Crippen LogP contribution < -0.4 is 10.1 Å². The van der Waals surface area contributed by atoms with Crippen LogP contribution in [-0.2, 0) is 0 Å². The Morgan fingerprint density at radius 1 is 1.25 bits per heavy atom. The Kier molecular flexibility index (Phi) is 4.91. The fourth-order valence-corrected chi connectivity index (χ4v) is 2.40. The van der Waals surface area contributed by atoms with Crippen LogP contribution in [0.2, 0.25) is 10.0 Å². The summed E-state index contributed by atoms with van der Waals surface area (Å²) in [7, 11) is 1.52. The second-order valence-electron chi connectivity index (χ2n) is 3.90. The first-order valence-electron chi connectivity index (χ1n) is 5.62. The lowest BCUT2D eigenvalue weighted by molar-refractivity contribution is 0.102. The predicted molar refractivity (Wildman–Crippen MR) is 85.1 cm³/mol. The summed E-state index contributed by atoms with van der Waals surface area (Å²) in [5, 5.41) is 3.59. The first-order valence-corrected chi connectivity index (χ1v) is 7.16. The molecule has 0 saturated carbocycles. The molecule has 2 aromatic rings. The second-order valence-corrected chi connectivity index (χ2v) is 5.57. The minimum atomic E-state index is -0.336. The van der Waals surface area contributed by atoms with Crippen molar-refractivity contribution < 1.29 is 9.53 Å². The number of carbonyl (C=O) groups is 1. The predicted octanol–water partition coefficient (Wildman–Crippen LogP) is 5.02. The number of halogens is 3. The number of hydrogen-bond acceptors (Lipinski definition) is 2. The van der Waals surface area contributed by atoms with E-state index in [2.05, 4.69) is 21.2 Å². The van der Waals surface area contributed by atoms with Crippen molar-refractivity contribution in [3.05, 3.63) is 56.5 Å². The highest BCUT2D eigenvalue weighted by atomic mass is 79.9. The molecule has 0 bridgehead atoms. The highest BCUT2D eigenvalue weighted by Gasteiger charge is 2.14. The normalized spacial score (nSPS) is 10.2. The van der Waals surface area contributed by atoms with E-state index in [1.165, 1.54) is 7.11 Å². The maximum Gasteiger partial charge on any atom is 0.257 e. The van der Waals surface area contributed by atoms with Crippen LogP contribution in [-0.4, -0.2) is 13.0 Å². The summed E-state index contributed by atoms with van der Waals surface area (Å²) in [6, 6.07) is 10.1. The fraction of sp³-hybridized carbons (Fsp3) is 0.0714. The highest BCUT2D eigenvalue weighted by molar-refractivity contribution is 9.10. The molecular formula is C14H10BrCl2NO2. The number of rotatable bonds is 3. The first-order chi connectivity index (χ1) is 9.52. The van der Waals surface area contributed by atoms with Gasteiger partial charge in [0.05, 0.1) is 23.4 Å². The van der Waals surface area contributed by atoms with Gasteiger partial charge in [0.1, 0.15) is 5.75 Å². The van der Waals surface area contributed by atoms with E-state index in [0.29, 0.717) is 31.5 Å². The molecule has 0 fully saturated rings. The van der Waals surface area contributed by atoms with Crippen LogP contribution >= 0.6 is 39.1 Å². The van der Waals surface area contributed by atoms with Crippen molar-refractivity contribution in [3.63, 3.8) is 0 Å². The second kappa shape index (κ2) is 6.48. The van der Waals surface area contributed by atoms with Crippen molar-refractivity contribution in [2.45, 2.75) is 0 Å². The van der Waals surface area contributed by atoms with Gasteiger partial charge in [-0.15, -0.1) is 0 Å². The van der Waals surface area contributed by atoms with Gasteiger partial charge < -0.3 is 10.1 Å². The first kappa shape index (κ1) is 15.2. The molecule has 1 amide bonds. The molecule has 6 heteroatoms. The number of hydrogen-bond donors (Lipinski definition) is 1. The van der Waals surface area contributed by atoms with E-state index >= 15 is 0 Å². The Hall–Kier alpha value is -1.23. The standard InChI is InChI=1S/C14H10BrCl2NO2/c1-20-12-6-5-8(16)7-11(12)18-14(19)9-3-2-4-10(15)13(9)17/h2-7H,1H3,(H,18,19). The molecule has 0 aliphatic rings. The largest absolute Gasteiger partial charge is 0.495 e. The number of ether oxygens (including phenoxy) is 1. The van der Waals surface area contributed by atoms with Gasteiger partial charge in [0, 0.05) is 9.50 Å². The molecule has 20 heavy (non-hydrogen) atoms. The molecule has 2 rings (SSSR count). The molecule has 0 aliphatic carbocycles. The maximum absolute atomic E-state index is 12.3. The van der Waals surface area contributed by atoms with Gasteiger partial charge in [0.25, 0.3) is 5.91 Å². The lowest BCUT2D eigenvalue weighted by Crippen LogP contribution is -2.13. The quantitative estimate of drug-likeness (QED) is 0.819. The summed E-state index contributed by atoms with van der Waals surface area (Å²) in [6.45, 7) is 0. The summed E-state index contributed by atoms with van der Waals surface area (Å²) in [5.41, 5.74) is 0.851. The van der Waals surface area contributed by atoms with Gasteiger partial charge >= 0.3 is 0 Å². The van der Waals surface area contributed by atoms with Crippen LogP contribution in [0.3, 0.4) is 0 Å². The van der Waals surface area contributed by atoms with E-state index in [1.54, 1.807) is 36.4 Å². The molecule has 0 heterocycles. The Balaban J connectivity index is 2.32.